The summed E-state index contributed by atoms with van der Waals surface area (Å²) in [6.07, 6.45) is 3.64. The van der Waals surface area contributed by atoms with Crippen molar-refractivity contribution >= 4 is 5.91 Å². The van der Waals surface area contributed by atoms with Gasteiger partial charge in [0.25, 0.3) is 0 Å². The Kier molecular flexibility index (Phi) is 4.65. The van der Waals surface area contributed by atoms with Gasteiger partial charge in [0.15, 0.2) is 0 Å². The first-order chi connectivity index (χ1) is 11.1. The number of amides is 1. The zero-order valence-electron chi connectivity index (χ0n) is 13.7. The second-order valence-corrected chi connectivity index (χ2v) is 6.34. The Hall–Kier alpha value is -2.29. The van der Waals surface area contributed by atoms with Gasteiger partial charge in [0.05, 0.1) is 6.10 Å². The first-order valence-electron chi connectivity index (χ1n) is 8.23. The van der Waals surface area contributed by atoms with Gasteiger partial charge in [0, 0.05) is 13.0 Å². The lowest BCUT2D eigenvalue weighted by Crippen LogP contribution is -2.31. The molecule has 2 aromatic rings. The van der Waals surface area contributed by atoms with Crippen LogP contribution in [0.15, 0.2) is 48.5 Å². The molecule has 0 bridgehead atoms. The Morgan fingerprint density at radius 2 is 1.65 bits per heavy atom. The molecule has 1 aliphatic rings. The van der Waals surface area contributed by atoms with E-state index in [-0.39, 0.29) is 11.9 Å². The van der Waals surface area contributed by atoms with Crippen LogP contribution >= 0.6 is 0 Å². The molecular formula is C20H23NO2. The van der Waals surface area contributed by atoms with Crippen LogP contribution in [0.4, 0.5) is 0 Å². The predicted molar refractivity (Wildman–Crippen MR) is 92.5 cm³/mol. The molecule has 1 aliphatic carbocycles. The lowest BCUT2D eigenvalue weighted by molar-refractivity contribution is -0.119. The topological polar surface area (TPSA) is 38.3 Å². The lowest BCUT2D eigenvalue weighted by atomic mass is 10.0. The normalized spacial score (nSPS) is 15.0. The summed E-state index contributed by atoms with van der Waals surface area (Å²) >= 11 is 0. The number of benzene rings is 2. The van der Waals surface area contributed by atoms with E-state index in [1.807, 2.05) is 19.1 Å². The summed E-state index contributed by atoms with van der Waals surface area (Å²) < 4.78 is 5.78. The zero-order valence-corrected chi connectivity index (χ0v) is 13.7. The lowest BCUT2D eigenvalue weighted by Gasteiger charge is -2.13. The quantitative estimate of drug-likeness (QED) is 0.877. The van der Waals surface area contributed by atoms with Crippen molar-refractivity contribution in [1.82, 2.24) is 5.32 Å². The highest BCUT2D eigenvalue weighted by molar-refractivity contribution is 5.73. The van der Waals surface area contributed by atoms with Crippen LogP contribution in [0.2, 0.25) is 0 Å². The molecule has 0 radical (unpaired) electrons. The van der Waals surface area contributed by atoms with Crippen molar-refractivity contribution in [2.24, 2.45) is 0 Å². The third-order valence-corrected chi connectivity index (χ3v) is 3.96. The summed E-state index contributed by atoms with van der Waals surface area (Å²) in [5, 5.41) is 2.91. The average Bonchev–Trinajstić information content (AvgIpc) is 3.32. The van der Waals surface area contributed by atoms with Crippen LogP contribution in [0.5, 0.6) is 5.75 Å². The van der Waals surface area contributed by atoms with Gasteiger partial charge in [-0.1, -0.05) is 36.4 Å². The van der Waals surface area contributed by atoms with E-state index in [0.717, 1.165) is 12.2 Å². The average molecular weight is 309 g/mol. The van der Waals surface area contributed by atoms with Crippen LogP contribution in [0.3, 0.4) is 0 Å². The number of rotatable bonds is 6. The second kappa shape index (κ2) is 6.86. The minimum Gasteiger partial charge on any atom is -0.490 e. The second-order valence-electron chi connectivity index (χ2n) is 6.34. The van der Waals surface area contributed by atoms with Crippen LogP contribution in [0, 0.1) is 0 Å². The van der Waals surface area contributed by atoms with Gasteiger partial charge in [-0.05, 0) is 55.0 Å². The third kappa shape index (κ3) is 4.59. The van der Waals surface area contributed by atoms with E-state index in [9.17, 15) is 4.79 Å². The van der Waals surface area contributed by atoms with E-state index in [1.54, 1.807) is 6.92 Å². The standard InChI is InChI=1S/C20H23NO2/c1-14(21-15(2)22)13-16-3-5-17(6-4-16)18-7-9-19(10-8-18)23-20-11-12-20/h3-10,14,20H,11-13H2,1-2H3,(H,21,22). The van der Waals surface area contributed by atoms with Gasteiger partial charge in [-0.25, -0.2) is 0 Å². The molecule has 3 heteroatoms. The summed E-state index contributed by atoms with van der Waals surface area (Å²) in [6, 6.07) is 17.0. The predicted octanol–water partition coefficient (Wildman–Crippen LogP) is 3.96. The maximum absolute atomic E-state index is 11.1. The molecule has 0 heterocycles. The van der Waals surface area contributed by atoms with Gasteiger partial charge in [0.1, 0.15) is 5.75 Å². The Labute approximate surface area is 137 Å². The number of hydrogen-bond donors (Lipinski definition) is 1. The van der Waals surface area contributed by atoms with Gasteiger partial charge < -0.3 is 10.1 Å². The molecule has 2 aromatic carbocycles. The third-order valence-electron chi connectivity index (χ3n) is 3.96. The van der Waals surface area contributed by atoms with Crippen molar-refractivity contribution in [3.8, 4) is 16.9 Å². The van der Waals surface area contributed by atoms with Crippen LogP contribution in [-0.2, 0) is 11.2 Å². The maximum atomic E-state index is 11.1. The van der Waals surface area contributed by atoms with E-state index in [0.29, 0.717) is 6.10 Å². The number of nitrogens with one attached hydrogen (secondary N) is 1. The fourth-order valence-electron chi connectivity index (χ4n) is 2.69. The molecule has 1 fully saturated rings. The Balaban J connectivity index is 1.62. The fraction of sp³-hybridized carbons (Fsp3) is 0.350. The molecule has 3 nitrogen and oxygen atoms in total. The van der Waals surface area contributed by atoms with Gasteiger partial charge in [-0.15, -0.1) is 0 Å². The zero-order chi connectivity index (χ0) is 16.2. The van der Waals surface area contributed by atoms with Crippen LogP contribution < -0.4 is 10.1 Å². The molecular weight excluding hydrogens is 286 g/mol. The minimum atomic E-state index is 0.0163. The molecule has 1 unspecified atom stereocenters. The molecule has 120 valence electrons. The first-order valence-corrected chi connectivity index (χ1v) is 8.23. The van der Waals surface area contributed by atoms with Crippen molar-refractivity contribution in [2.75, 3.05) is 0 Å². The number of ether oxygens (including phenoxy) is 1. The van der Waals surface area contributed by atoms with Gasteiger partial charge in [-0.3, -0.25) is 4.79 Å². The molecule has 1 atom stereocenters. The maximum Gasteiger partial charge on any atom is 0.217 e. The molecule has 1 N–H and O–H groups in total. The minimum absolute atomic E-state index is 0.0163. The summed E-state index contributed by atoms with van der Waals surface area (Å²) in [4.78, 5) is 11.1. The summed E-state index contributed by atoms with van der Waals surface area (Å²) in [6.45, 7) is 3.57. The summed E-state index contributed by atoms with van der Waals surface area (Å²) in [5.41, 5.74) is 3.61. The molecule has 0 aliphatic heterocycles. The SMILES string of the molecule is CC(=O)NC(C)Cc1ccc(-c2ccc(OC3CC3)cc2)cc1. The molecule has 0 saturated heterocycles. The van der Waals surface area contributed by atoms with E-state index in [4.69, 9.17) is 4.74 Å². The molecule has 3 rings (SSSR count). The van der Waals surface area contributed by atoms with Crippen LogP contribution in [0.1, 0.15) is 32.3 Å². The summed E-state index contributed by atoms with van der Waals surface area (Å²) in [5.74, 6) is 0.972. The van der Waals surface area contributed by atoms with Crippen molar-refractivity contribution < 1.29 is 9.53 Å². The van der Waals surface area contributed by atoms with Gasteiger partial charge in [0.2, 0.25) is 5.91 Å². The number of carbonyl (C=O) groups is 1. The van der Waals surface area contributed by atoms with E-state index >= 15 is 0 Å². The van der Waals surface area contributed by atoms with Crippen LogP contribution in [0.25, 0.3) is 11.1 Å². The molecule has 0 spiro atoms. The molecule has 1 amide bonds. The first kappa shape index (κ1) is 15.6. The van der Waals surface area contributed by atoms with Crippen molar-refractivity contribution in [3.05, 3.63) is 54.1 Å². The highest BCUT2D eigenvalue weighted by atomic mass is 16.5. The summed E-state index contributed by atoms with van der Waals surface area (Å²) in [7, 11) is 0. The fourth-order valence-corrected chi connectivity index (χ4v) is 2.69. The van der Waals surface area contributed by atoms with Crippen molar-refractivity contribution in [3.63, 3.8) is 0 Å². The molecule has 0 aromatic heterocycles. The Morgan fingerprint density at radius 1 is 1.09 bits per heavy atom. The number of hydrogen-bond acceptors (Lipinski definition) is 2. The highest BCUT2D eigenvalue weighted by Gasteiger charge is 2.23. The van der Waals surface area contributed by atoms with Crippen molar-refractivity contribution in [1.29, 1.82) is 0 Å². The van der Waals surface area contributed by atoms with E-state index in [1.165, 1.54) is 29.5 Å². The molecule has 1 saturated carbocycles. The van der Waals surface area contributed by atoms with Crippen molar-refractivity contribution in [2.45, 2.75) is 45.3 Å². The van der Waals surface area contributed by atoms with Gasteiger partial charge >= 0.3 is 0 Å². The smallest absolute Gasteiger partial charge is 0.217 e. The number of carbonyl (C=O) groups excluding carboxylic acids is 1. The molecule has 23 heavy (non-hydrogen) atoms. The van der Waals surface area contributed by atoms with Gasteiger partial charge in [-0.2, -0.15) is 0 Å². The van der Waals surface area contributed by atoms with E-state index < -0.39 is 0 Å². The van der Waals surface area contributed by atoms with E-state index in [2.05, 4.69) is 41.7 Å². The van der Waals surface area contributed by atoms with Crippen LogP contribution in [-0.4, -0.2) is 18.1 Å². The largest absolute Gasteiger partial charge is 0.490 e. The Morgan fingerprint density at radius 3 is 2.17 bits per heavy atom. The monoisotopic (exact) mass is 309 g/mol. The highest BCUT2D eigenvalue weighted by Crippen LogP contribution is 2.28. The Bertz CT molecular complexity index is 657.